The standard InChI is InChI=1S/C17H22F3NO3S/c1-16(2,3)24-15(22)21-10-8-14(9-11-21)25-13-6-4-12(5-7-13)23-17(18,19)20/h4-7,14H,8-11H2,1-3H3. The van der Waals surface area contributed by atoms with Gasteiger partial charge in [0.25, 0.3) is 0 Å². The molecule has 1 aromatic rings. The van der Waals surface area contributed by atoms with E-state index < -0.39 is 12.0 Å². The lowest BCUT2D eigenvalue weighted by molar-refractivity contribution is -0.274. The Morgan fingerprint density at radius 1 is 1.12 bits per heavy atom. The Bertz CT molecular complexity index is 576. The van der Waals surface area contributed by atoms with Crippen LogP contribution in [0.15, 0.2) is 29.2 Å². The largest absolute Gasteiger partial charge is 0.573 e. The van der Waals surface area contributed by atoms with Gasteiger partial charge in [0.15, 0.2) is 0 Å². The Hall–Kier alpha value is -1.57. The third-order valence-corrected chi connectivity index (χ3v) is 4.80. The van der Waals surface area contributed by atoms with Gasteiger partial charge in [0.1, 0.15) is 11.4 Å². The SMILES string of the molecule is CC(C)(C)OC(=O)N1CCC(Sc2ccc(OC(F)(F)F)cc2)CC1. The predicted octanol–water partition coefficient (Wildman–Crippen LogP) is 5.08. The van der Waals surface area contributed by atoms with Gasteiger partial charge in [-0.25, -0.2) is 4.79 Å². The number of halogens is 3. The molecule has 4 nitrogen and oxygen atoms in total. The summed E-state index contributed by atoms with van der Waals surface area (Å²) in [6, 6.07) is 5.86. The quantitative estimate of drug-likeness (QED) is 0.737. The van der Waals surface area contributed by atoms with E-state index in [2.05, 4.69) is 4.74 Å². The van der Waals surface area contributed by atoms with Crippen molar-refractivity contribution in [2.24, 2.45) is 0 Å². The molecule has 2 rings (SSSR count). The summed E-state index contributed by atoms with van der Waals surface area (Å²) in [6.45, 7) is 6.72. The Morgan fingerprint density at radius 2 is 1.68 bits per heavy atom. The molecule has 1 aliphatic rings. The Balaban J connectivity index is 1.81. The van der Waals surface area contributed by atoms with Gasteiger partial charge in [-0.2, -0.15) is 0 Å². The van der Waals surface area contributed by atoms with Gasteiger partial charge in [-0.05, 0) is 57.9 Å². The average Bonchev–Trinajstić information content (AvgIpc) is 2.47. The number of carbonyl (C=O) groups is 1. The number of hydrogen-bond acceptors (Lipinski definition) is 4. The summed E-state index contributed by atoms with van der Waals surface area (Å²) in [5.41, 5.74) is -0.511. The fourth-order valence-corrected chi connectivity index (χ4v) is 3.52. The van der Waals surface area contributed by atoms with Crippen molar-refractivity contribution < 1.29 is 27.4 Å². The van der Waals surface area contributed by atoms with E-state index in [1.54, 1.807) is 28.8 Å². The molecule has 25 heavy (non-hydrogen) atoms. The number of nitrogens with zero attached hydrogens (tertiary/aromatic N) is 1. The van der Waals surface area contributed by atoms with Gasteiger partial charge in [-0.3, -0.25) is 0 Å². The first-order chi connectivity index (χ1) is 11.5. The van der Waals surface area contributed by atoms with Crippen LogP contribution in [0.5, 0.6) is 5.75 Å². The van der Waals surface area contributed by atoms with Gasteiger partial charge in [0.2, 0.25) is 0 Å². The number of amides is 1. The number of carbonyl (C=O) groups excluding carboxylic acids is 1. The van der Waals surface area contributed by atoms with Crippen molar-refractivity contribution in [1.29, 1.82) is 0 Å². The smallest absolute Gasteiger partial charge is 0.444 e. The molecule has 0 atom stereocenters. The molecule has 0 N–H and O–H groups in total. The minimum Gasteiger partial charge on any atom is -0.444 e. The number of likely N-dealkylation sites (tertiary alicyclic amines) is 1. The second-order valence-corrected chi connectivity index (χ2v) is 8.18. The molecule has 0 aromatic heterocycles. The van der Waals surface area contributed by atoms with E-state index in [1.807, 2.05) is 20.8 Å². The zero-order valence-electron chi connectivity index (χ0n) is 14.4. The first-order valence-corrected chi connectivity index (χ1v) is 8.90. The maximum atomic E-state index is 12.1. The van der Waals surface area contributed by atoms with Crippen LogP contribution in [0.25, 0.3) is 0 Å². The molecule has 0 aliphatic carbocycles. The molecular formula is C17H22F3NO3S. The van der Waals surface area contributed by atoms with Crippen LogP contribution in [0.4, 0.5) is 18.0 Å². The summed E-state index contributed by atoms with van der Waals surface area (Å²) in [7, 11) is 0. The maximum Gasteiger partial charge on any atom is 0.573 e. The van der Waals surface area contributed by atoms with Gasteiger partial charge < -0.3 is 14.4 Å². The highest BCUT2D eigenvalue weighted by Crippen LogP contribution is 2.32. The first kappa shape index (κ1) is 19.8. The number of benzene rings is 1. The lowest BCUT2D eigenvalue weighted by atomic mass is 10.1. The zero-order valence-corrected chi connectivity index (χ0v) is 15.2. The molecule has 1 saturated heterocycles. The molecule has 1 fully saturated rings. The lowest BCUT2D eigenvalue weighted by Crippen LogP contribution is -2.42. The summed E-state index contributed by atoms with van der Waals surface area (Å²) < 4.78 is 45.7. The van der Waals surface area contributed by atoms with Crippen LogP contribution in [0.2, 0.25) is 0 Å². The topological polar surface area (TPSA) is 38.8 Å². The fraction of sp³-hybridized carbons (Fsp3) is 0.588. The second-order valence-electron chi connectivity index (χ2n) is 6.80. The second kappa shape index (κ2) is 7.76. The normalized spacial score (nSPS) is 16.6. The van der Waals surface area contributed by atoms with Crippen molar-refractivity contribution in [2.45, 2.75) is 55.7 Å². The molecule has 1 heterocycles. The maximum absolute atomic E-state index is 12.1. The van der Waals surface area contributed by atoms with Crippen LogP contribution in [0, 0.1) is 0 Å². The van der Waals surface area contributed by atoms with Gasteiger partial charge in [0.05, 0.1) is 0 Å². The Labute approximate surface area is 149 Å². The van der Waals surface area contributed by atoms with E-state index in [0.717, 1.165) is 17.7 Å². The molecule has 0 spiro atoms. The lowest BCUT2D eigenvalue weighted by Gasteiger charge is -2.33. The third-order valence-electron chi connectivity index (χ3n) is 3.45. The van der Waals surface area contributed by atoms with E-state index in [0.29, 0.717) is 18.3 Å². The van der Waals surface area contributed by atoms with Crippen molar-refractivity contribution >= 4 is 17.9 Å². The highest BCUT2D eigenvalue weighted by molar-refractivity contribution is 8.00. The van der Waals surface area contributed by atoms with Crippen LogP contribution in [-0.4, -0.2) is 41.3 Å². The fourth-order valence-electron chi connectivity index (χ4n) is 2.40. The van der Waals surface area contributed by atoms with E-state index in [4.69, 9.17) is 4.74 Å². The van der Waals surface area contributed by atoms with Crippen molar-refractivity contribution in [3.63, 3.8) is 0 Å². The number of hydrogen-bond donors (Lipinski definition) is 0. The highest BCUT2D eigenvalue weighted by Gasteiger charge is 2.31. The third kappa shape index (κ3) is 7.05. The first-order valence-electron chi connectivity index (χ1n) is 8.02. The summed E-state index contributed by atoms with van der Waals surface area (Å²) in [6.07, 6.45) is -3.36. The van der Waals surface area contributed by atoms with Crippen LogP contribution in [0.3, 0.4) is 0 Å². The minimum atomic E-state index is -4.68. The Kier molecular flexibility index (Phi) is 6.13. The van der Waals surface area contributed by atoms with Crippen LogP contribution in [0.1, 0.15) is 33.6 Å². The summed E-state index contributed by atoms with van der Waals surface area (Å²) >= 11 is 1.60. The van der Waals surface area contributed by atoms with Crippen molar-refractivity contribution in [3.8, 4) is 5.75 Å². The zero-order chi connectivity index (χ0) is 18.7. The molecule has 8 heteroatoms. The average molecular weight is 377 g/mol. The van der Waals surface area contributed by atoms with Crippen LogP contribution >= 0.6 is 11.8 Å². The molecule has 140 valence electrons. The van der Waals surface area contributed by atoms with Crippen molar-refractivity contribution in [3.05, 3.63) is 24.3 Å². The van der Waals surface area contributed by atoms with Crippen molar-refractivity contribution in [1.82, 2.24) is 4.90 Å². The molecule has 0 saturated carbocycles. The molecule has 1 aliphatic heterocycles. The van der Waals surface area contributed by atoms with Crippen LogP contribution < -0.4 is 4.74 Å². The van der Waals surface area contributed by atoms with E-state index >= 15 is 0 Å². The van der Waals surface area contributed by atoms with Crippen LogP contribution in [-0.2, 0) is 4.74 Å². The molecule has 0 radical (unpaired) electrons. The number of piperidine rings is 1. The Morgan fingerprint density at radius 3 is 2.16 bits per heavy atom. The molecule has 0 unspecified atom stereocenters. The van der Waals surface area contributed by atoms with E-state index in [9.17, 15) is 18.0 Å². The summed E-state index contributed by atoms with van der Waals surface area (Å²) in [5.74, 6) is -0.225. The number of ether oxygens (including phenoxy) is 2. The van der Waals surface area contributed by atoms with Gasteiger partial charge in [-0.1, -0.05) is 0 Å². The predicted molar refractivity (Wildman–Crippen MR) is 89.8 cm³/mol. The van der Waals surface area contributed by atoms with E-state index in [-0.39, 0.29) is 11.8 Å². The van der Waals surface area contributed by atoms with Crippen molar-refractivity contribution in [2.75, 3.05) is 13.1 Å². The van der Waals surface area contributed by atoms with Gasteiger partial charge in [-0.15, -0.1) is 24.9 Å². The summed E-state index contributed by atoms with van der Waals surface area (Å²) in [5, 5.41) is 0.313. The number of thioether (sulfide) groups is 1. The molecule has 1 aromatic carbocycles. The van der Waals surface area contributed by atoms with Gasteiger partial charge >= 0.3 is 12.5 Å². The monoisotopic (exact) mass is 377 g/mol. The van der Waals surface area contributed by atoms with E-state index in [1.165, 1.54) is 12.1 Å². The molecule has 0 bridgehead atoms. The summed E-state index contributed by atoms with van der Waals surface area (Å²) in [4.78, 5) is 14.6. The highest BCUT2D eigenvalue weighted by atomic mass is 32.2. The van der Waals surface area contributed by atoms with Gasteiger partial charge in [0, 0.05) is 23.2 Å². The molecule has 1 amide bonds. The number of rotatable bonds is 3. The number of alkyl halides is 3. The molecular weight excluding hydrogens is 355 g/mol. The minimum absolute atomic E-state index is 0.225.